The molecule has 0 aliphatic carbocycles. The summed E-state index contributed by atoms with van der Waals surface area (Å²) in [6.45, 7) is 1.98. The highest BCUT2D eigenvalue weighted by Crippen LogP contribution is 2.43. The van der Waals surface area contributed by atoms with Crippen molar-refractivity contribution in [1.82, 2.24) is 0 Å². The van der Waals surface area contributed by atoms with Gasteiger partial charge in [-0.2, -0.15) is 13.2 Å². The maximum atomic E-state index is 13.0. The summed E-state index contributed by atoms with van der Waals surface area (Å²) in [6.07, 6.45) is -4.04. The fourth-order valence-electron chi connectivity index (χ4n) is 1.45. The van der Waals surface area contributed by atoms with Crippen molar-refractivity contribution < 1.29 is 18.3 Å². The van der Waals surface area contributed by atoms with Gasteiger partial charge in [0.2, 0.25) is 0 Å². The standard InChI is InChI=1S/C11H9Cl2F3O/c1-2-10(6-17,11(14,15)16)7-3-8(12)5-9(13)4-7/h2-5,17H,1,6H2/t10-/m1/s1. The van der Waals surface area contributed by atoms with Crippen LogP contribution in [0.1, 0.15) is 5.56 Å². The number of aliphatic hydroxyl groups is 1. The van der Waals surface area contributed by atoms with E-state index in [0.717, 1.165) is 12.1 Å². The van der Waals surface area contributed by atoms with Crippen molar-refractivity contribution in [2.24, 2.45) is 0 Å². The minimum atomic E-state index is -4.68. The SMILES string of the molecule is C=C[C@@](CO)(c1cc(Cl)cc(Cl)c1)C(F)(F)F. The molecule has 0 aromatic heterocycles. The third-order valence-corrected chi connectivity index (χ3v) is 2.92. The minimum Gasteiger partial charge on any atom is -0.395 e. The Morgan fingerprint density at radius 1 is 1.18 bits per heavy atom. The summed E-state index contributed by atoms with van der Waals surface area (Å²) in [5, 5.41) is 9.20. The van der Waals surface area contributed by atoms with E-state index in [9.17, 15) is 13.2 Å². The molecule has 94 valence electrons. The van der Waals surface area contributed by atoms with E-state index in [2.05, 4.69) is 6.58 Å². The number of alkyl halides is 3. The van der Waals surface area contributed by atoms with Gasteiger partial charge in [-0.05, 0) is 23.8 Å². The lowest BCUT2D eigenvalue weighted by atomic mass is 9.80. The van der Waals surface area contributed by atoms with Gasteiger partial charge in [0, 0.05) is 10.0 Å². The Bertz CT molecular complexity index is 411. The molecular formula is C11H9Cl2F3O. The highest BCUT2D eigenvalue weighted by molar-refractivity contribution is 6.34. The van der Waals surface area contributed by atoms with Crippen molar-refractivity contribution in [2.45, 2.75) is 11.6 Å². The molecular weight excluding hydrogens is 276 g/mol. The highest BCUT2D eigenvalue weighted by Gasteiger charge is 2.53. The third kappa shape index (κ3) is 2.59. The summed E-state index contributed by atoms with van der Waals surface area (Å²) in [5.41, 5.74) is -2.79. The molecule has 1 atom stereocenters. The van der Waals surface area contributed by atoms with E-state index in [4.69, 9.17) is 28.3 Å². The van der Waals surface area contributed by atoms with Crippen molar-refractivity contribution in [1.29, 1.82) is 0 Å². The topological polar surface area (TPSA) is 20.2 Å². The molecule has 17 heavy (non-hydrogen) atoms. The summed E-state index contributed by atoms with van der Waals surface area (Å²) in [6, 6.07) is 3.53. The first kappa shape index (κ1) is 14.4. The fourth-order valence-corrected chi connectivity index (χ4v) is 1.98. The van der Waals surface area contributed by atoms with Crippen molar-refractivity contribution in [3.05, 3.63) is 46.5 Å². The van der Waals surface area contributed by atoms with Gasteiger partial charge in [0.05, 0.1) is 6.61 Å². The Morgan fingerprint density at radius 3 is 1.94 bits per heavy atom. The van der Waals surface area contributed by atoms with Crippen LogP contribution in [-0.2, 0) is 5.41 Å². The first-order chi connectivity index (χ1) is 7.76. The lowest BCUT2D eigenvalue weighted by Gasteiger charge is -2.31. The van der Waals surface area contributed by atoms with Crippen molar-refractivity contribution in [2.75, 3.05) is 6.61 Å². The zero-order valence-electron chi connectivity index (χ0n) is 8.56. The number of aliphatic hydroxyl groups excluding tert-OH is 1. The van der Waals surface area contributed by atoms with Crippen LogP contribution in [0.5, 0.6) is 0 Å². The van der Waals surface area contributed by atoms with Crippen LogP contribution in [0.15, 0.2) is 30.9 Å². The molecule has 1 rings (SSSR count). The first-order valence-electron chi connectivity index (χ1n) is 4.54. The number of hydrogen-bond acceptors (Lipinski definition) is 1. The van der Waals surface area contributed by atoms with Crippen LogP contribution in [-0.4, -0.2) is 17.9 Å². The Hall–Kier alpha value is -0.710. The van der Waals surface area contributed by atoms with Gasteiger partial charge in [0.15, 0.2) is 0 Å². The van der Waals surface area contributed by atoms with Gasteiger partial charge in [-0.25, -0.2) is 0 Å². The normalized spacial score (nSPS) is 15.4. The summed E-state index contributed by atoms with van der Waals surface area (Å²) in [7, 11) is 0. The molecule has 0 bridgehead atoms. The molecule has 0 heterocycles. The smallest absolute Gasteiger partial charge is 0.395 e. The Balaban J connectivity index is 3.47. The Morgan fingerprint density at radius 2 is 1.65 bits per heavy atom. The predicted molar refractivity (Wildman–Crippen MR) is 61.5 cm³/mol. The number of benzene rings is 1. The Kier molecular flexibility index (Phi) is 4.12. The quantitative estimate of drug-likeness (QED) is 0.833. The van der Waals surface area contributed by atoms with Crippen LogP contribution >= 0.6 is 23.2 Å². The molecule has 0 aliphatic rings. The number of hydrogen-bond donors (Lipinski definition) is 1. The maximum Gasteiger partial charge on any atom is 0.404 e. The van der Waals surface area contributed by atoms with Crippen LogP contribution in [0.25, 0.3) is 0 Å². The van der Waals surface area contributed by atoms with Crippen molar-refractivity contribution in [3.63, 3.8) is 0 Å². The monoisotopic (exact) mass is 284 g/mol. The van der Waals surface area contributed by atoms with Gasteiger partial charge in [0.1, 0.15) is 5.41 Å². The summed E-state index contributed by atoms with van der Waals surface area (Å²) < 4.78 is 39.0. The van der Waals surface area contributed by atoms with Crippen molar-refractivity contribution in [3.8, 4) is 0 Å². The molecule has 0 saturated carbocycles. The third-order valence-electron chi connectivity index (χ3n) is 2.48. The minimum absolute atomic E-state index is 0.0661. The average molecular weight is 285 g/mol. The summed E-state index contributed by atoms with van der Waals surface area (Å²) >= 11 is 11.3. The molecule has 1 aromatic rings. The molecule has 0 aliphatic heterocycles. The van der Waals surface area contributed by atoms with E-state index in [0.29, 0.717) is 6.08 Å². The lowest BCUT2D eigenvalue weighted by molar-refractivity contribution is -0.185. The molecule has 0 spiro atoms. The molecule has 0 saturated heterocycles. The zero-order valence-corrected chi connectivity index (χ0v) is 10.1. The van der Waals surface area contributed by atoms with Gasteiger partial charge in [-0.1, -0.05) is 29.3 Å². The van der Waals surface area contributed by atoms with E-state index in [1.165, 1.54) is 6.07 Å². The van der Waals surface area contributed by atoms with Gasteiger partial charge >= 0.3 is 6.18 Å². The maximum absolute atomic E-state index is 13.0. The average Bonchev–Trinajstić information content (AvgIpc) is 2.16. The molecule has 1 N–H and O–H groups in total. The van der Waals surface area contributed by atoms with Crippen LogP contribution < -0.4 is 0 Å². The summed E-state index contributed by atoms with van der Waals surface area (Å²) in [4.78, 5) is 0. The van der Waals surface area contributed by atoms with E-state index in [1.807, 2.05) is 0 Å². The Labute approximate surface area is 106 Å². The fraction of sp³-hybridized carbons (Fsp3) is 0.273. The predicted octanol–water partition coefficient (Wildman–Crippen LogP) is 3.97. The number of halogens is 5. The van der Waals surface area contributed by atoms with Crippen LogP contribution in [0, 0.1) is 0 Å². The van der Waals surface area contributed by atoms with Gasteiger partial charge in [-0.15, -0.1) is 6.58 Å². The first-order valence-corrected chi connectivity index (χ1v) is 5.30. The molecule has 1 nitrogen and oxygen atoms in total. The lowest BCUT2D eigenvalue weighted by Crippen LogP contribution is -2.43. The largest absolute Gasteiger partial charge is 0.404 e. The van der Waals surface area contributed by atoms with Crippen molar-refractivity contribution >= 4 is 23.2 Å². The second-order valence-electron chi connectivity index (χ2n) is 3.49. The highest BCUT2D eigenvalue weighted by atomic mass is 35.5. The summed E-state index contributed by atoms with van der Waals surface area (Å²) in [5.74, 6) is 0. The molecule has 0 fully saturated rings. The zero-order chi connectivity index (χ0) is 13.3. The molecule has 1 aromatic carbocycles. The second-order valence-corrected chi connectivity index (χ2v) is 4.36. The van der Waals surface area contributed by atoms with Gasteiger partial charge < -0.3 is 5.11 Å². The molecule has 6 heteroatoms. The van der Waals surface area contributed by atoms with E-state index < -0.39 is 18.2 Å². The van der Waals surface area contributed by atoms with Crippen LogP contribution in [0.4, 0.5) is 13.2 Å². The van der Waals surface area contributed by atoms with E-state index in [-0.39, 0.29) is 15.6 Å². The molecule has 0 unspecified atom stereocenters. The van der Waals surface area contributed by atoms with Gasteiger partial charge in [-0.3, -0.25) is 0 Å². The molecule has 0 radical (unpaired) electrons. The van der Waals surface area contributed by atoms with Gasteiger partial charge in [0.25, 0.3) is 0 Å². The van der Waals surface area contributed by atoms with Crippen LogP contribution in [0.3, 0.4) is 0 Å². The van der Waals surface area contributed by atoms with E-state index in [1.54, 1.807) is 0 Å². The van der Waals surface area contributed by atoms with E-state index >= 15 is 0 Å². The molecule has 0 amide bonds. The second kappa shape index (κ2) is 4.88. The number of rotatable bonds is 3. The van der Waals surface area contributed by atoms with Crippen LogP contribution in [0.2, 0.25) is 10.0 Å².